The Hall–Kier alpha value is -8.00. The number of hydrogen-bond acceptors (Lipinski definition) is 4. The molecule has 0 atom stereocenters. The first-order chi connectivity index (χ1) is 28.7. The standard InChI is InChI=1S/C54H36N4/c55-37-38-18-16-29-44(32-38)47-34-48(36-49(35-47)54-57-52(42-25-12-4-13-26-42)56-53(58-54)43-27-14-5-15-28-43)45-30-17-31-46(33-45)51(41-23-10-3-11-24-41)50(39-19-6-1-7-20-39)40-21-8-2-9-22-40/h1-36H. The fourth-order valence-electron chi connectivity index (χ4n) is 7.38. The van der Waals surface area contributed by atoms with Crippen LogP contribution in [0.3, 0.4) is 0 Å². The lowest BCUT2D eigenvalue weighted by molar-refractivity contribution is 1.07. The van der Waals surface area contributed by atoms with Crippen LogP contribution in [0.1, 0.15) is 27.8 Å². The van der Waals surface area contributed by atoms with Crippen molar-refractivity contribution >= 4 is 11.1 Å². The number of nitrogens with zero attached hydrogens (tertiary/aromatic N) is 4. The summed E-state index contributed by atoms with van der Waals surface area (Å²) in [4.78, 5) is 15.1. The van der Waals surface area contributed by atoms with Crippen molar-refractivity contribution in [2.45, 2.75) is 0 Å². The van der Waals surface area contributed by atoms with Crippen LogP contribution in [0.5, 0.6) is 0 Å². The number of nitriles is 1. The van der Waals surface area contributed by atoms with Crippen LogP contribution < -0.4 is 0 Å². The minimum Gasteiger partial charge on any atom is -0.208 e. The van der Waals surface area contributed by atoms with Crippen molar-refractivity contribution in [3.63, 3.8) is 0 Å². The van der Waals surface area contributed by atoms with E-state index in [1.807, 2.05) is 84.9 Å². The molecule has 0 aliphatic rings. The fourth-order valence-corrected chi connectivity index (χ4v) is 7.38. The van der Waals surface area contributed by atoms with Gasteiger partial charge in [-0.15, -0.1) is 0 Å². The summed E-state index contributed by atoms with van der Waals surface area (Å²) in [5, 5.41) is 9.86. The van der Waals surface area contributed by atoms with Crippen LogP contribution in [-0.2, 0) is 0 Å². The van der Waals surface area contributed by atoms with Gasteiger partial charge >= 0.3 is 0 Å². The molecule has 1 heterocycles. The maximum Gasteiger partial charge on any atom is 0.164 e. The van der Waals surface area contributed by atoms with Crippen molar-refractivity contribution in [1.82, 2.24) is 15.0 Å². The molecule has 272 valence electrons. The van der Waals surface area contributed by atoms with Crippen LogP contribution in [0.25, 0.3) is 67.6 Å². The van der Waals surface area contributed by atoms with E-state index in [0.29, 0.717) is 23.0 Å². The highest BCUT2D eigenvalue weighted by Crippen LogP contribution is 2.39. The van der Waals surface area contributed by atoms with E-state index in [-0.39, 0.29) is 0 Å². The first kappa shape index (κ1) is 35.7. The van der Waals surface area contributed by atoms with Gasteiger partial charge < -0.3 is 0 Å². The zero-order valence-electron chi connectivity index (χ0n) is 31.6. The molecule has 0 N–H and O–H groups in total. The van der Waals surface area contributed by atoms with Crippen molar-refractivity contribution in [1.29, 1.82) is 5.26 Å². The molecule has 9 aromatic rings. The maximum absolute atomic E-state index is 9.86. The van der Waals surface area contributed by atoms with Gasteiger partial charge in [-0.3, -0.25) is 0 Å². The molecule has 0 amide bonds. The largest absolute Gasteiger partial charge is 0.208 e. The molecule has 0 spiro atoms. The lowest BCUT2D eigenvalue weighted by Crippen LogP contribution is -2.00. The predicted molar refractivity (Wildman–Crippen MR) is 236 cm³/mol. The molecule has 58 heavy (non-hydrogen) atoms. The highest BCUT2D eigenvalue weighted by atomic mass is 15.0. The van der Waals surface area contributed by atoms with E-state index < -0.39 is 0 Å². The molecule has 0 aliphatic carbocycles. The first-order valence-electron chi connectivity index (χ1n) is 19.2. The summed E-state index contributed by atoms with van der Waals surface area (Å²) in [6.45, 7) is 0. The third-order valence-electron chi connectivity index (χ3n) is 10.1. The van der Waals surface area contributed by atoms with E-state index >= 15 is 0 Å². The van der Waals surface area contributed by atoms with Gasteiger partial charge in [0.05, 0.1) is 11.6 Å². The van der Waals surface area contributed by atoms with Gasteiger partial charge in [-0.05, 0) is 92.1 Å². The summed E-state index contributed by atoms with van der Waals surface area (Å²) in [6, 6.07) is 77.2. The highest BCUT2D eigenvalue weighted by Gasteiger charge is 2.19. The molecule has 0 bridgehead atoms. The van der Waals surface area contributed by atoms with Crippen LogP contribution in [0.4, 0.5) is 0 Å². The van der Waals surface area contributed by atoms with Gasteiger partial charge in [0.15, 0.2) is 17.5 Å². The molecule has 1 aromatic heterocycles. The number of aromatic nitrogens is 3. The Kier molecular flexibility index (Phi) is 10.1. The average molecular weight is 741 g/mol. The van der Waals surface area contributed by atoms with Crippen LogP contribution in [0.15, 0.2) is 218 Å². The third-order valence-corrected chi connectivity index (χ3v) is 10.1. The second kappa shape index (κ2) is 16.4. The van der Waals surface area contributed by atoms with Crippen molar-refractivity contribution < 1.29 is 0 Å². The lowest BCUT2D eigenvalue weighted by atomic mass is 9.85. The van der Waals surface area contributed by atoms with Gasteiger partial charge in [0.1, 0.15) is 0 Å². The Morgan fingerprint density at radius 1 is 0.293 bits per heavy atom. The molecule has 0 saturated heterocycles. The van der Waals surface area contributed by atoms with Crippen molar-refractivity contribution in [3.8, 4) is 62.5 Å². The van der Waals surface area contributed by atoms with E-state index in [1.54, 1.807) is 0 Å². The Bertz CT molecular complexity index is 2820. The number of benzene rings is 8. The van der Waals surface area contributed by atoms with Gasteiger partial charge in [0.25, 0.3) is 0 Å². The van der Waals surface area contributed by atoms with Gasteiger partial charge in [-0.25, -0.2) is 15.0 Å². The summed E-state index contributed by atoms with van der Waals surface area (Å²) < 4.78 is 0. The fraction of sp³-hybridized carbons (Fsp3) is 0. The summed E-state index contributed by atoms with van der Waals surface area (Å²) in [6.07, 6.45) is 0. The quantitative estimate of drug-likeness (QED) is 0.138. The second-order valence-electron chi connectivity index (χ2n) is 14.0. The topological polar surface area (TPSA) is 62.5 Å². The average Bonchev–Trinajstić information content (AvgIpc) is 3.32. The van der Waals surface area contributed by atoms with E-state index in [4.69, 9.17) is 15.0 Å². The van der Waals surface area contributed by atoms with Gasteiger partial charge in [-0.2, -0.15) is 5.26 Å². The van der Waals surface area contributed by atoms with Crippen molar-refractivity contribution in [2.24, 2.45) is 0 Å². The molecule has 0 aliphatic heterocycles. The molecule has 0 fully saturated rings. The Balaban J connectivity index is 1.28. The molecule has 4 nitrogen and oxygen atoms in total. The normalized spacial score (nSPS) is 10.7. The number of rotatable bonds is 9. The Labute approximate surface area is 338 Å². The van der Waals surface area contributed by atoms with Gasteiger partial charge in [0.2, 0.25) is 0 Å². The third kappa shape index (κ3) is 7.62. The molecule has 0 unspecified atom stereocenters. The summed E-state index contributed by atoms with van der Waals surface area (Å²) in [5.74, 6) is 1.75. The minimum atomic E-state index is 0.559. The number of hydrogen-bond donors (Lipinski definition) is 0. The molecule has 8 aromatic carbocycles. The van der Waals surface area contributed by atoms with E-state index in [9.17, 15) is 5.26 Å². The Morgan fingerprint density at radius 2 is 0.638 bits per heavy atom. The SMILES string of the molecule is N#Cc1cccc(-c2cc(-c3cccc(C(=C(c4ccccc4)c4ccccc4)c4ccccc4)c3)cc(-c3nc(-c4ccccc4)nc(-c4ccccc4)n3)c2)c1. The van der Waals surface area contributed by atoms with Crippen molar-refractivity contribution in [3.05, 3.63) is 246 Å². The van der Waals surface area contributed by atoms with Crippen LogP contribution in [-0.4, -0.2) is 15.0 Å². The maximum atomic E-state index is 9.86. The minimum absolute atomic E-state index is 0.559. The zero-order valence-corrected chi connectivity index (χ0v) is 31.6. The van der Waals surface area contributed by atoms with Gasteiger partial charge in [-0.1, -0.05) is 182 Å². The molecule has 0 saturated carbocycles. The summed E-state index contributed by atoms with van der Waals surface area (Å²) >= 11 is 0. The molecular weight excluding hydrogens is 705 g/mol. The lowest BCUT2D eigenvalue weighted by Gasteiger charge is -2.19. The molecular formula is C54H36N4. The predicted octanol–water partition coefficient (Wildman–Crippen LogP) is 13.1. The second-order valence-corrected chi connectivity index (χ2v) is 14.0. The highest BCUT2D eigenvalue weighted by molar-refractivity contribution is 6.05. The Morgan fingerprint density at radius 3 is 1.10 bits per heavy atom. The van der Waals surface area contributed by atoms with Crippen LogP contribution in [0, 0.1) is 11.3 Å². The van der Waals surface area contributed by atoms with Crippen molar-refractivity contribution in [2.75, 3.05) is 0 Å². The molecule has 9 rings (SSSR count). The van der Waals surface area contributed by atoms with Crippen LogP contribution in [0.2, 0.25) is 0 Å². The smallest absolute Gasteiger partial charge is 0.164 e. The summed E-state index contributed by atoms with van der Waals surface area (Å²) in [7, 11) is 0. The van der Waals surface area contributed by atoms with E-state index in [1.165, 1.54) is 0 Å². The zero-order chi connectivity index (χ0) is 39.1. The monoisotopic (exact) mass is 740 g/mol. The molecule has 0 radical (unpaired) electrons. The van der Waals surface area contributed by atoms with E-state index in [0.717, 1.165) is 72.3 Å². The van der Waals surface area contributed by atoms with E-state index in [2.05, 4.69) is 140 Å². The van der Waals surface area contributed by atoms with Crippen LogP contribution >= 0.6 is 0 Å². The molecule has 4 heteroatoms. The first-order valence-corrected chi connectivity index (χ1v) is 19.2. The summed E-state index contributed by atoms with van der Waals surface area (Å²) in [5.41, 5.74) is 13.9. The van der Waals surface area contributed by atoms with Gasteiger partial charge in [0, 0.05) is 16.7 Å².